The predicted octanol–water partition coefficient (Wildman–Crippen LogP) is 3.14. The Morgan fingerprint density at radius 1 is 1.03 bits per heavy atom. The van der Waals surface area contributed by atoms with Crippen molar-refractivity contribution in [3.8, 4) is 0 Å². The minimum atomic E-state index is -0.443. The molecule has 2 aliphatic heterocycles. The summed E-state index contributed by atoms with van der Waals surface area (Å²) in [5, 5.41) is 3.05. The number of carbonyl (C=O) groups is 2. The molecule has 1 spiro atoms. The number of likely N-dealkylation sites (tertiary alicyclic amines) is 1. The molecular weight excluding hydrogens is 388 g/mol. The summed E-state index contributed by atoms with van der Waals surface area (Å²) in [5.74, 6) is 0.344. The van der Waals surface area contributed by atoms with Crippen LogP contribution >= 0.6 is 0 Å². The maximum atomic E-state index is 12.7. The largest absolute Gasteiger partial charge is 0.378 e. The minimum Gasteiger partial charge on any atom is -0.378 e. The number of benzene rings is 2. The van der Waals surface area contributed by atoms with E-state index in [4.69, 9.17) is 0 Å². The number of carbonyl (C=O) groups excluding carboxylic acids is 2. The molecule has 2 fully saturated rings. The van der Waals surface area contributed by atoms with Gasteiger partial charge in [-0.05, 0) is 62.2 Å². The number of anilines is 2. The molecule has 4 rings (SSSR count). The normalized spacial score (nSPS) is 18.3. The lowest BCUT2D eigenvalue weighted by molar-refractivity contribution is -0.125. The molecular formula is C25H32N4O2. The van der Waals surface area contributed by atoms with E-state index < -0.39 is 5.54 Å². The molecule has 6 heteroatoms. The van der Waals surface area contributed by atoms with Crippen LogP contribution in [0.25, 0.3) is 0 Å². The Morgan fingerprint density at radius 3 is 2.35 bits per heavy atom. The van der Waals surface area contributed by atoms with Crippen LogP contribution in [-0.4, -0.2) is 62.5 Å². The van der Waals surface area contributed by atoms with Crippen LogP contribution in [-0.2, 0) is 4.79 Å². The van der Waals surface area contributed by atoms with Crippen molar-refractivity contribution in [3.63, 3.8) is 0 Å². The van der Waals surface area contributed by atoms with E-state index in [0.717, 1.165) is 55.8 Å². The summed E-state index contributed by atoms with van der Waals surface area (Å²) in [5.41, 5.74) is 2.53. The van der Waals surface area contributed by atoms with Crippen LogP contribution in [0.1, 0.15) is 36.0 Å². The Morgan fingerprint density at radius 2 is 1.71 bits per heavy atom. The molecule has 0 atom stereocenters. The molecule has 0 aromatic heterocycles. The van der Waals surface area contributed by atoms with Crippen LogP contribution in [0.15, 0.2) is 54.6 Å². The molecule has 0 radical (unpaired) electrons. The number of amides is 1. The van der Waals surface area contributed by atoms with E-state index in [0.29, 0.717) is 13.1 Å². The van der Waals surface area contributed by atoms with Gasteiger partial charge < -0.3 is 20.0 Å². The van der Waals surface area contributed by atoms with E-state index in [2.05, 4.69) is 27.2 Å². The molecule has 0 aliphatic carbocycles. The number of Topliss-reactive ketones (excluding diaryl/α,β-unsaturated/α-hetero) is 1. The summed E-state index contributed by atoms with van der Waals surface area (Å²) in [4.78, 5) is 31.9. The van der Waals surface area contributed by atoms with Gasteiger partial charge in [-0.1, -0.05) is 18.2 Å². The van der Waals surface area contributed by atoms with Gasteiger partial charge in [0.25, 0.3) is 0 Å². The van der Waals surface area contributed by atoms with Crippen LogP contribution in [0.4, 0.5) is 11.4 Å². The quantitative estimate of drug-likeness (QED) is 0.698. The molecule has 2 aromatic rings. The predicted molar refractivity (Wildman–Crippen MR) is 125 cm³/mol. The molecule has 2 aliphatic rings. The number of piperidine rings is 1. The van der Waals surface area contributed by atoms with Gasteiger partial charge in [0.2, 0.25) is 5.91 Å². The van der Waals surface area contributed by atoms with Crippen LogP contribution in [0.3, 0.4) is 0 Å². The average Bonchev–Trinajstić information content (AvgIpc) is 3.11. The fourth-order valence-corrected chi connectivity index (χ4v) is 4.73. The summed E-state index contributed by atoms with van der Waals surface area (Å²) in [6, 6.07) is 18.0. The lowest BCUT2D eigenvalue weighted by Gasteiger charge is -2.43. The summed E-state index contributed by atoms with van der Waals surface area (Å²) in [7, 11) is 3.99. The van der Waals surface area contributed by atoms with E-state index >= 15 is 0 Å². The number of hydrogen-bond donors (Lipinski definition) is 1. The highest BCUT2D eigenvalue weighted by Gasteiger charge is 2.50. The van der Waals surface area contributed by atoms with Crippen molar-refractivity contribution in [2.75, 3.05) is 50.2 Å². The fraction of sp³-hybridized carbons (Fsp3) is 0.440. The summed E-state index contributed by atoms with van der Waals surface area (Å²) >= 11 is 0. The minimum absolute atomic E-state index is 0.146. The highest BCUT2D eigenvalue weighted by molar-refractivity contribution is 5.96. The second-order valence-electron chi connectivity index (χ2n) is 8.77. The van der Waals surface area contributed by atoms with E-state index in [-0.39, 0.29) is 11.7 Å². The second-order valence-corrected chi connectivity index (χ2v) is 8.77. The third-order valence-electron chi connectivity index (χ3n) is 6.67. The van der Waals surface area contributed by atoms with Crippen LogP contribution in [0, 0.1) is 0 Å². The van der Waals surface area contributed by atoms with Crippen molar-refractivity contribution in [2.24, 2.45) is 0 Å². The third kappa shape index (κ3) is 4.44. The number of rotatable bonds is 7. The molecule has 2 heterocycles. The fourth-order valence-electron chi connectivity index (χ4n) is 4.73. The SMILES string of the molecule is CN(C)c1ccc(C(=O)CCCN2CCC3(CC2)C(=O)NCN3c2ccccc2)cc1. The van der Waals surface area contributed by atoms with Crippen LogP contribution in [0.2, 0.25) is 0 Å². The van der Waals surface area contributed by atoms with Gasteiger partial charge in [0.1, 0.15) is 5.54 Å². The van der Waals surface area contributed by atoms with Gasteiger partial charge in [-0.25, -0.2) is 0 Å². The first-order valence-electron chi connectivity index (χ1n) is 11.1. The average molecular weight is 421 g/mol. The molecule has 164 valence electrons. The van der Waals surface area contributed by atoms with Gasteiger partial charge >= 0.3 is 0 Å². The van der Waals surface area contributed by atoms with Crippen molar-refractivity contribution in [3.05, 3.63) is 60.2 Å². The van der Waals surface area contributed by atoms with E-state index in [9.17, 15) is 9.59 Å². The standard InChI is InChI=1S/C25H32N4O2/c1-27(2)21-12-10-20(11-13-21)23(30)9-6-16-28-17-14-25(15-18-28)24(31)26-19-29(25)22-7-4-3-5-8-22/h3-5,7-8,10-13H,6,9,14-19H2,1-2H3,(H,26,31). The molecule has 6 nitrogen and oxygen atoms in total. The Kier molecular flexibility index (Phi) is 6.28. The maximum absolute atomic E-state index is 12.7. The molecule has 2 aromatic carbocycles. The van der Waals surface area contributed by atoms with Gasteiger partial charge in [0.05, 0.1) is 6.67 Å². The monoisotopic (exact) mass is 420 g/mol. The summed E-state index contributed by atoms with van der Waals surface area (Å²) < 4.78 is 0. The highest BCUT2D eigenvalue weighted by atomic mass is 16.2. The smallest absolute Gasteiger partial charge is 0.247 e. The summed E-state index contributed by atoms with van der Waals surface area (Å²) in [6.07, 6.45) is 3.02. The number of nitrogens with one attached hydrogen (secondary N) is 1. The van der Waals surface area contributed by atoms with Gasteiger partial charge in [0.15, 0.2) is 5.78 Å². The molecule has 0 unspecified atom stereocenters. The Labute approximate surface area is 184 Å². The zero-order valence-electron chi connectivity index (χ0n) is 18.5. The topological polar surface area (TPSA) is 55.9 Å². The molecule has 31 heavy (non-hydrogen) atoms. The second kappa shape index (κ2) is 9.10. The molecule has 0 bridgehead atoms. The lowest BCUT2D eigenvalue weighted by Crippen LogP contribution is -2.56. The first-order chi connectivity index (χ1) is 15.0. The highest BCUT2D eigenvalue weighted by Crippen LogP contribution is 2.36. The number of ketones is 1. The third-order valence-corrected chi connectivity index (χ3v) is 6.67. The van der Waals surface area contributed by atoms with E-state index in [1.54, 1.807) is 0 Å². The van der Waals surface area contributed by atoms with Crippen molar-refractivity contribution < 1.29 is 9.59 Å². The molecule has 1 amide bonds. The zero-order valence-corrected chi connectivity index (χ0v) is 18.5. The molecule has 2 saturated heterocycles. The molecule has 0 saturated carbocycles. The first kappa shape index (κ1) is 21.4. The van der Waals surface area contributed by atoms with Gasteiger partial charge in [-0.15, -0.1) is 0 Å². The molecule has 1 N–H and O–H groups in total. The van der Waals surface area contributed by atoms with E-state index in [1.165, 1.54) is 0 Å². The Balaban J connectivity index is 1.28. The maximum Gasteiger partial charge on any atom is 0.247 e. The zero-order chi connectivity index (χ0) is 21.8. The van der Waals surface area contributed by atoms with Gasteiger partial charge in [-0.3, -0.25) is 9.59 Å². The van der Waals surface area contributed by atoms with Gasteiger partial charge in [0, 0.05) is 50.5 Å². The van der Waals surface area contributed by atoms with Crippen LogP contribution in [0.5, 0.6) is 0 Å². The Hall–Kier alpha value is -2.86. The van der Waals surface area contributed by atoms with Crippen molar-refractivity contribution in [2.45, 2.75) is 31.2 Å². The van der Waals surface area contributed by atoms with E-state index in [1.807, 2.05) is 61.5 Å². The van der Waals surface area contributed by atoms with Crippen LogP contribution < -0.4 is 15.1 Å². The number of hydrogen-bond acceptors (Lipinski definition) is 5. The first-order valence-corrected chi connectivity index (χ1v) is 11.1. The number of para-hydroxylation sites is 1. The summed E-state index contributed by atoms with van der Waals surface area (Å²) in [6.45, 7) is 3.22. The Bertz CT molecular complexity index is 903. The van der Waals surface area contributed by atoms with Crippen molar-refractivity contribution in [1.29, 1.82) is 0 Å². The van der Waals surface area contributed by atoms with Crippen molar-refractivity contribution >= 4 is 23.1 Å². The lowest BCUT2D eigenvalue weighted by atomic mass is 9.85. The number of nitrogens with zero attached hydrogens (tertiary/aromatic N) is 3. The van der Waals surface area contributed by atoms with Crippen molar-refractivity contribution in [1.82, 2.24) is 10.2 Å². The van der Waals surface area contributed by atoms with Gasteiger partial charge in [-0.2, -0.15) is 0 Å².